The van der Waals surface area contributed by atoms with Gasteiger partial charge in [-0.1, -0.05) is 25.1 Å². The van der Waals surface area contributed by atoms with Crippen molar-refractivity contribution in [2.45, 2.75) is 19.4 Å². The van der Waals surface area contributed by atoms with Crippen LogP contribution in [0.1, 0.15) is 24.1 Å². The van der Waals surface area contributed by atoms with E-state index in [1.807, 2.05) is 25.1 Å². The van der Waals surface area contributed by atoms with Gasteiger partial charge >= 0.3 is 0 Å². The zero-order valence-corrected chi connectivity index (χ0v) is 10.3. The zero-order chi connectivity index (χ0) is 12.8. The van der Waals surface area contributed by atoms with Crippen LogP contribution in [-0.2, 0) is 6.42 Å². The first-order valence-electron chi connectivity index (χ1n) is 6.04. The molecule has 0 saturated heterocycles. The predicted octanol–water partition coefficient (Wildman–Crippen LogP) is 2.51. The third-order valence-corrected chi connectivity index (χ3v) is 2.84. The minimum absolute atomic E-state index is 0.0578. The van der Waals surface area contributed by atoms with Crippen molar-refractivity contribution >= 4 is 0 Å². The molecule has 1 unspecified atom stereocenters. The first kappa shape index (κ1) is 12.6. The van der Waals surface area contributed by atoms with Crippen molar-refractivity contribution in [3.63, 3.8) is 0 Å². The van der Waals surface area contributed by atoms with E-state index in [1.54, 1.807) is 18.5 Å². The molecule has 0 spiro atoms. The van der Waals surface area contributed by atoms with Crippen LogP contribution in [0.25, 0.3) is 0 Å². The summed E-state index contributed by atoms with van der Waals surface area (Å²) in [4.78, 5) is 0. The lowest BCUT2D eigenvalue weighted by Gasteiger charge is -2.18. The van der Waals surface area contributed by atoms with Crippen LogP contribution in [0.5, 0.6) is 0 Å². The van der Waals surface area contributed by atoms with Gasteiger partial charge in [0.25, 0.3) is 0 Å². The van der Waals surface area contributed by atoms with Gasteiger partial charge in [-0.2, -0.15) is 10.2 Å². The zero-order valence-electron chi connectivity index (χ0n) is 10.3. The molecule has 1 heterocycles. The number of hydrogen-bond donors (Lipinski definition) is 1. The summed E-state index contributed by atoms with van der Waals surface area (Å²) >= 11 is 0. The molecule has 0 aliphatic rings. The molecule has 1 atom stereocenters. The molecule has 0 aliphatic heterocycles. The Morgan fingerprint density at radius 1 is 1.22 bits per heavy atom. The summed E-state index contributed by atoms with van der Waals surface area (Å²) in [5, 5.41) is 11.0. The van der Waals surface area contributed by atoms with Crippen LogP contribution in [0, 0.1) is 5.82 Å². The molecule has 0 fully saturated rings. The molecule has 18 heavy (non-hydrogen) atoms. The van der Waals surface area contributed by atoms with Crippen molar-refractivity contribution in [3.8, 4) is 0 Å². The SMILES string of the molecule is CCNC(Cc1ccccc1F)c1ccnnc1. The highest BCUT2D eigenvalue weighted by Gasteiger charge is 2.13. The molecule has 0 aliphatic carbocycles. The van der Waals surface area contributed by atoms with E-state index in [0.29, 0.717) is 12.0 Å². The molecule has 0 radical (unpaired) electrons. The number of aromatic nitrogens is 2. The van der Waals surface area contributed by atoms with Crippen LogP contribution in [0.15, 0.2) is 42.7 Å². The van der Waals surface area contributed by atoms with Crippen molar-refractivity contribution in [2.75, 3.05) is 6.54 Å². The second-order valence-corrected chi connectivity index (χ2v) is 4.08. The number of halogens is 1. The first-order chi connectivity index (χ1) is 8.81. The quantitative estimate of drug-likeness (QED) is 0.879. The lowest BCUT2D eigenvalue weighted by Crippen LogP contribution is -2.23. The highest BCUT2D eigenvalue weighted by atomic mass is 19.1. The van der Waals surface area contributed by atoms with Crippen molar-refractivity contribution in [1.82, 2.24) is 15.5 Å². The summed E-state index contributed by atoms with van der Waals surface area (Å²) in [5.41, 5.74) is 1.73. The van der Waals surface area contributed by atoms with Gasteiger partial charge in [0, 0.05) is 12.2 Å². The van der Waals surface area contributed by atoms with E-state index >= 15 is 0 Å². The molecule has 1 N–H and O–H groups in total. The second kappa shape index (κ2) is 6.21. The standard InChI is InChI=1S/C14H16FN3/c1-2-16-14(12-7-8-17-18-10-12)9-11-5-3-4-6-13(11)15/h3-8,10,14,16H,2,9H2,1H3. The smallest absolute Gasteiger partial charge is 0.126 e. The van der Waals surface area contributed by atoms with E-state index in [-0.39, 0.29) is 11.9 Å². The number of hydrogen-bond acceptors (Lipinski definition) is 3. The number of nitrogens with zero attached hydrogens (tertiary/aromatic N) is 2. The highest BCUT2D eigenvalue weighted by molar-refractivity contribution is 5.22. The average molecular weight is 245 g/mol. The van der Waals surface area contributed by atoms with E-state index in [2.05, 4.69) is 15.5 Å². The number of benzene rings is 1. The van der Waals surface area contributed by atoms with Crippen LogP contribution < -0.4 is 5.32 Å². The summed E-state index contributed by atoms with van der Waals surface area (Å²) in [6.07, 6.45) is 3.97. The van der Waals surface area contributed by atoms with E-state index in [0.717, 1.165) is 12.1 Å². The Hall–Kier alpha value is -1.81. The summed E-state index contributed by atoms with van der Waals surface area (Å²) in [5.74, 6) is -0.164. The summed E-state index contributed by atoms with van der Waals surface area (Å²) in [6.45, 7) is 2.85. The molecule has 3 nitrogen and oxygen atoms in total. The van der Waals surface area contributed by atoms with Crippen LogP contribution in [0.3, 0.4) is 0 Å². The van der Waals surface area contributed by atoms with Crippen LogP contribution in [0.2, 0.25) is 0 Å². The van der Waals surface area contributed by atoms with Gasteiger partial charge in [-0.05, 0) is 36.2 Å². The normalized spacial score (nSPS) is 12.3. The second-order valence-electron chi connectivity index (χ2n) is 4.08. The lowest BCUT2D eigenvalue weighted by atomic mass is 10.00. The largest absolute Gasteiger partial charge is 0.310 e. The molecule has 0 amide bonds. The van der Waals surface area contributed by atoms with Crippen molar-refractivity contribution in [2.24, 2.45) is 0 Å². The monoisotopic (exact) mass is 245 g/mol. The molecular weight excluding hydrogens is 229 g/mol. The maximum atomic E-state index is 13.7. The number of likely N-dealkylation sites (N-methyl/N-ethyl adjacent to an activating group) is 1. The molecular formula is C14H16FN3. The fourth-order valence-corrected chi connectivity index (χ4v) is 1.95. The highest BCUT2D eigenvalue weighted by Crippen LogP contribution is 2.19. The Morgan fingerprint density at radius 2 is 2.06 bits per heavy atom. The Bertz CT molecular complexity index is 487. The molecule has 1 aromatic heterocycles. The maximum absolute atomic E-state index is 13.7. The fourth-order valence-electron chi connectivity index (χ4n) is 1.95. The third kappa shape index (κ3) is 3.11. The van der Waals surface area contributed by atoms with E-state index in [1.165, 1.54) is 6.07 Å². The fraction of sp³-hybridized carbons (Fsp3) is 0.286. The van der Waals surface area contributed by atoms with Gasteiger partial charge in [0.05, 0.1) is 6.20 Å². The van der Waals surface area contributed by atoms with Gasteiger partial charge in [-0.3, -0.25) is 0 Å². The Morgan fingerprint density at radius 3 is 2.72 bits per heavy atom. The summed E-state index contributed by atoms with van der Waals surface area (Å²) in [7, 11) is 0. The van der Waals surface area contributed by atoms with E-state index in [9.17, 15) is 4.39 Å². The predicted molar refractivity (Wildman–Crippen MR) is 68.6 cm³/mol. The molecule has 0 bridgehead atoms. The topological polar surface area (TPSA) is 37.8 Å². The third-order valence-electron chi connectivity index (χ3n) is 2.84. The van der Waals surface area contributed by atoms with E-state index < -0.39 is 0 Å². The minimum atomic E-state index is -0.164. The molecule has 4 heteroatoms. The van der Waals surface area contributed by atoms with Crippen LogP contribution in [-0.4, -0.2) is 16.7 Å². The van der Waals surface area contributed by atoms with Crippen LogP contribution >= 0.6 is 0 Å². The van der Waals surface area contributed by atoms with Gasteiger partial charge in [0.1, 0.15) is 5.82 Å². The molecule has 1 aromatic carbocycles. The molecule has 94 valence electrons. The van der Waals surface area contributed by atoms with Crippen molar-refractivity contribution in [1.29, 1.82) is 0 Å². The van der Waals surface area contributed by atoms with Gasteiger partial charge in [0.2, 0.25) is 0 Å². The summed E-state index contributed by atoms with van der Waals surface area (Å²) < 4.78 is 13.7. The summed E-state index contributed by atoms with van der Waals surface area (Å²) in [6, 6.07) is 8.82. The maximum Gasteiger partial charge on any atom is 0.126 e. The van der Waals surface area contributed by atoms with Gasteiger partial charge in [-0.15, -0.1) is 0 Å². The van der Waals surface area contributed by atoms with Gasteiger partial charge in [0.15, 0.2) is 0 Å². The van der Waals surface area contributed by atoms with Crippen molar-refractivity contribution in [3.05, 3.63) is 59.7 Å². The Balaban J connectivity index is 2.19. The van der Waals surface area contributed by atoms with Crippen molar-refractivity contribution < 1.29 is 4.39 Å². The average Bonchev–Trinajstić information content (AvgIpc) is 2.42. The van der Waals surface area contributed by atoms with Crippen LogP contribution in [0.4, 0.5) is 4.39 Å². The molecule has 2 rings (SSSR count). The Labute approximate surface area is 106 Å². The number of rotatable bonds is 5. The Kier molecular flexibility index (Phi) is 4.36. The molecule has 2 aromatic rings. The van der Waals surface area contributed by atoms with Gasteiger partial charge in [-0.25, -0.2) is 4.39 Å². The lowest BCUT2D eigenvalue weighted by molar-refractivity contribution is 0.525. The van der Waals surface area contributed by atoms with E-state index in [4.69, 9.17) is 0 Å². The number of nitrogens with one attached hydrogen (secondary N) is 1. The molecule has 0 saturated carbocycles. The van der Waals surface area contributed by atoms with Gasteiger partial charge < -0.3 is 5.32 Å². The minimum Gasteiger partial charge on any atom is -0.310 e. The first-order valence-corrected chi connectivity index (χ1v) is 6.04.